The summed E-state index contributed by atoms with van der Waals surface area (Å²) in [6, 6.07) is 4.13. The van der Waals surface area contributed by atoms with Crippen molar-refractivity contribution in [3.05, 3.63) is 32.6 Å². The molecule has 0 atom stereocenters. The van der Waals surface area contributed by atoms with Gasteiger partial charge in [-0.15, -0.1) is 11.3 Å². The van der Waals surface area contributed by atoms with Crippen LogP contribution < -0.4 is 0 Å². The third-order valence-electron chi connectivity index (χ3n) is 1.82. The minimum Gasteiger partial charge on any atom is -0.142 e. The normalized spacial score (nSPS) is 10.9. The third-order valence-corrected chi connectivity index (χ3v) is 4.03. The molecule has 0 aliphatic heterocycles. The van der Waals surface area contributed by atoms with Crippen LogP contribution in [0.25, 0.3) is 10.1 Å². The highest BCUT2D eigenvalue weighted by molar-refractivity contribution is 9.10. The lowest BCUT2D eigenvalue weighted by Gasteiger charge is -1.97. The van der Waals surface area contributed by atoms with Crippen molar-refractivity contribution < 1.29 is 0 Å². The summed E-state index contributed by atoms with van der Waals surface area (Å²) in [5.41, 5.74) is 1.28. The fourth-order valence-corrected chi connectivity index (χ4v) is 3.31. The van der Waals surface area contributed by atoms with E-state index in [0.717, 1.165) is 14.9 Å². The van der Waals surface area contributed by atoms with Gasteiger partial charge in [0.15, 0.2) is 0 Å². The van der Waals surface area contributed by atoms with Gasteiger partial charge in [0.25, 0.3) is 0 Å². The van der Waals surface area contributed by atoms with Gasteiger partial charge in [-0.1, -0.05) is 33.6 Å². The third kappa shape index (κ3) is 1.18. The largest absolute Gasteiger partial charge is 0.142 e. The molecule has 62 valence electrons. The smallest absolute Gasteiger partial charge is 0.0603 e. The van der Waals surface area contributed by atoms with Crippen LogP contribution in [0, 0.1) is 6.92 Å². The maximum atomic E-state index is 6.03. The quantitative estimate of drug-likeness (QED) is 0.649. The van der Waals surface area contributed by atoms with E-state index in [4.69, 9.17) is 11.6 Å². The molecule has 2 rings (SSSR count). The number of thiophene rings is 1. The summed E-state index contributed by atoms with van der Waals surface area (Å²) < 4.78 is 2.35. The number of fused-ring (bicyclic) bond motifs is 1. The Labute approximate surface area is 88.3 Å². The van der Waals surface area contributed by atoms with Crippen LogP contribution in [0.1, 0.15) is 5.56 Å². The lowest BCUT2D eigenvalue weighted by Crippen LogP contribution is -1.73. The standard InChI is InChI=1S/C9H6BrClS/c1-5-2-3-6(10)8-7(11)4-12-9(5)8/h2-4H,1H3. The lowest BCUT2D eigenvalue weighted by molar-refractivity contribution is 1.55. The SMILES string of the molecule is Cc1ccc(Br)c2c(Cl)csc12. The highest BCUT2D eigenvalue weighted by atomic mass is 79.9. The van der Waals surface area contributed by atoms with E-state index in [-0.39, 0.29) is 0 Å². The van der Waals surface area contributed by atoms with E-state index in [0.29, 0.717) is 0 Å². The van der Waals surface area contributed by atoms with E-state index in [1.54, 1.807) is 11.3 Å². The molecule has 0 amide bonds. The highest BCUT2D eigenvalue weighted by Crippen LogP contribution is 2.37. The second-order valence-corrected chi connectivity index (χ2v) is 4.79. The summed E-state index contributed by atoms with van der Waals surface area (Å²) in [5.74, 6) is 0. The van der Waals surface area contributed by atoms with Gasteiger partial charge in [0.2, 0.25) is 0 Å². The van der Waals surface area contributed by atoms with E-state index in [1.807, 2.05) is 11.4 Å². The Kier molecular flexibility index (Phi) is 2.15. The molecule has 2 aromatic rings. The molecular formula is C9H6BrClS. The zero-order valence-electron chi connectivity index (χ0n) is 6.40. The minimum atomic E-state index is 0.838. The van der Waals surface area contributed by atoms with Crippen LogP contribution in [-0.4, -0.2) is 0 Å². The molecule has 0 unspecified atom stereocenters. The predicted molar refractivity (Wildman–Crippen MR) is 59.3 cm³/mol. The first-order valence-electron chi connectivity index (χ1n) is 3.52. The molecule has 0 aliphatic carbocycles. The van der Waals surface area contributed by atoms with E-state index < -0.39 is 0 Å². The summed E-state index contributed by atoms with van der Waals surface area (Å²) in [4.78, 5) is 0. The van der Waals surface area contributed by atoms with Crippen molar-refractivity contribution in [1.82, 2.24) is 0 Å². The molecule has 3 heteroatoms. The molecule has 0 fully saturated rings. The van der Waals surface area contributed by atoms with E-state index in [2.05, 4.69) is 28.9 Å². The first-order valence-corrected chi connectivity index (χ1v) is 5.57. The molecule has 0 bridgehead atoms. The van der Waals surface area contributed by atoms with E-state index in [1.165, 1.54) is 10.3 Å². The Morgan fingerprint density at radius 3 is 2.83 bits per heavy atom. The molecule has 0 N–H and O–H groups in total. The van der Waals surface area contributed by atoms with Crippen LogP contribution in [-0.2, 0) is 0 Å². The fourth-order valence-electron chi connectivity index (χ4n) is 1.21. The predicted octanol–water partition coefficient (Wildman–Crippen LogP) is 4.63. The molecule has 1 aromatic carbocycles. The van der Waals surface area contributed by atoms with Gasteiger partial charge in [-0.3, -0.25) is 0 Å². The van der Waals surface area contributed by atoms with Crippen molar-refractivity contribution in [1.29, 1.82) is 0 Å². The molecule has 0 saturated carbocycles. The Balaban J connectivity index is 2.98. The zero-order chi connectivity index (χ0) is 8.72. The second kappa shape index (κ2) is 3.02. The van der Waals surface area contributed by atoms with Gasteiger partial charge >= 0.3 is 0 Å². The van der Waals surface area contributed by atoms with Crippen molar-refractivity contribution in [2.75, 3.05) is 0 Å². The van der Waals surface area contributed by atoms with Crippen molar-refractivity contribution in [2.24, 2.45) is 0 Å². The van der Waals surface area contributed by atoms with Crippen LogP contribution in [0.15, 0.2) is 22.0 Å². The van der Waals surface area contributed by atoms with Crippen LogP contribution in [0.2, 0.25) is 5.02 Å². The average Bonchev–Trinajstić information content (AvgIpc) is 2.42. The van der Waals surface area contributed by atoms with Crippen LogP contribution in [0.5, 0.6) is 0 Å². The number of hydrogen-bond donors (Lipinski definition) is 0. The maximum absolute atomic E-state index is 6.03. The first-order chi connectivity index (χ1) is 5.70. The summed E-state index contributed by atoms with van der Waals surface area (Å²) in [6.07, 6.45) is 0. The van der Waals surface area contributed by atoms with Gasteiger partial charge in [-0.25, -0.2) is 0 Å². The average molecular weight is 262 g/mol. The number of benzene rings is 1. The van der Waals surface area contributed by atoms with E-state index in [9.17, 15) is 0 Å². The van der Waals surface area contributed by atoms with Crippen molar-refractivity contribution in [3.8, 4) is 0 Å². The Morgan fingerprint density at radius 2 is 2.17 bits per heavy atom. The molecule has 12 heavy (non-hydrogen) atoms. The minimum absolute atomic E-state index is 0.838. The Bertz CT molecular complexity index is 433. The summed E-state index contributed by atoms with van der Waals surface area (Å²) >= 11 is 11.2. The molecule has 1 aromatic heterocycles. The van der Waals surface area contributed by atoms with Crippen molar-refractivity contribution >= 4 is 49.0 Å². The van der Waals surface area contributed by atoms with Gasteiger partial charge < -0.3 is 0 Å². The number of rotatable bonds is 0. The Hall–Kier alpha value is -0.0500. The summed E-state index contributed by atoms with van der Waals surface area (Å²) in [6.45, 7) is 2.10. The topological polar surface area (TPSA) is 0 Å². The zero-order valence-corrected chi connectivity index (χ0v) is 9.55. The molecule has 0 spiro atoms. The van der Waals surface area contributed by atoms with Crippen molar-refractivity contribution in [3.63, 3.8) is 0 Å². The monoisotopic (exact) mass is 260 g/mol. The lowest BCUT2D eigenvalue weighted by atomic mass is 10.2. The number of hydrogen-bond acceptors (Lipinski definition) is 1. The summed E-state index contributed by atoms with van der Waals surface area (Å²) in [5, 5.41) is 3.96. The fraction of sp³-hybridized carbons (Fsp3) is 0.111. The van der Waals surface area contributed by atoms with Crippen molar-refractivity contribution in [2.45, 2.75) is 6.92 Å². The number of halogens is 2. The molecular weight excluding hydrogens is 256 g/mol. The van der Waals surface area contributed by atoms with E-state index >= 15 is 0 Å². The van der Waals surface area contributed by atoms with Gasteiger partial charge in [0.1, 0.15) is 0 Å². The molecule has 0 nitrogen and oxygen atoms in total. The molecule has 0 aliphatic rings. The van der Waals surface area contributed by atoms with Gasteiger partial charge in [0, 0.05) is 19.9 Å². The second-order valence-electron chi connectivity index (χ2n) is 2.65. The molecule has 1 heterocycles. The molecule has 0 radical (unpaired) electrons. The molecule has 0 saturated heterocycles. The van der Waals surface area contributed by atoms with Gasteiger partial charge in [0.05, 0.1) is 5.02 Å². The van der Waals surface area contributed by atoms with Gasteiger partial charge in [-0.2, -0.15) is 0 Å². The van der Waals surface area contributed by atoms with Gasteiger partial charge in [-0.05, 0) is 18.6 Å². The summed E-state index contributed by atoms with van der Waals surface area (Å²) in [7, 11) is 0. The first kappa shape index (κ1) is 8.54. The Morgan fingerprint density at radius 1 is 1.42 bits per heavy atom. The van der Waals surface area contributed by atoms with Crippen LogP contribution in [0.4, 0.5) is 0 Å². The maximum Gasteiger partial charge on any atom is 0.0603 e. The number of aryl methyl sites for hydroxylation is 1. The van der Waals surface area contributed by atoms with Crippen LogP contribution in [0.3, 0.4) is 0 Å². The van der Waals surface area contributed by atoms with Crippen LogP contribution >= 0.6 is 38.9 Å². The highest BCUT2D eigenvalue weighted by Gasteiger charge is 2.06.